The Kier molecular flexibility index (Phi) is 7.33. The van der Waals surface area contributed by atoms with Crippen LogP contribution in [0.5, 0.6) is 11.8 Å². The summed E-state index contributed by atoms with van der Waals surface area (Å²) in [5, 5.41) is 2.63. The van der Waals surface area contributed by atoms with E-state index in [2.05, 4.69) is 25.0 Å². The van der Waals surface area contributed by atoms with Crippen molar-refractivity contribution in [1.29, 1.82) is 0 Å². The fourth-order valence-electron chi connectivity index (χ4n) is 4.30. The van der Waals surface area contributed by atoms with Gasteiger partial charge in [0.1, 0.15) is 6.61 Å². The summed E-state index contributed by atoms with van der Waals surface area (Å²) in [5.74, 6) is -1.52. The number of halogens is 5. The average Bonchev–Trinajstić information content (AvgIpc) is 2.80. The minimum atomic E-state index is -4.52. The Morgan fingerprint density at radius 1 is 1.17 bits per heavy atom. The van der Waals surface area contributed by atoms with Crippen molar-refractivity contribution < 1.29 is 31.8 Å². The summed E-state index contributed by atoms with van der Waals surface area (Å²) in [5.41, 5.74) is 3.81. The molecule has 192 valence electrons. The van der Waals surface area contributed by atoms with Gasteiger partial charge in [0, 0.05) is 30.1 Å². The molecule has 4 rings (SSSR count). The van der Waals surface area contributed by atoms with E-state index >= 15 is 4.39 Å². The van der Waals surface area contributed by atoms with Gasteiger partial charge in [-0.15, -0.1) is 0 Å². The number of nitrogens with zero attached hydrogens (tertiary/aromatic N) is 3. The van der Waals surface area contributed by atoms with Gasteiger partial charge in [0.2, 0.25) is 11.2 Å². The largest absolute Gasteiger partial charge is 0.417 e. The number of pyridine rings is 1. The van der Waals surface area contributed by atoms with Crippen LogP contribution in [0, 0.1) is 11.7 Å². The van der Waals surface area contributed by atoms with Gasteiger partial charge in [-0.1, -0.05) is 12.5 Å². The maximum atomic E-state index is 15.7. The van der Waals surface area contributed by atoms with Gasteiger partial charge < -0.3 is 14.8 Å². The van der Waals surface area contributed by atoms with Crippen molar-refractivity contribution in [3.8, 4) is 11.8 Å². The molecular weight excluding hydrogens is 504 g/mol. The van der Waals surface area contributed by atoms with Crippen molar-refractivity contribution in [2.24, 2.45) is 5.92 Å². The Labute approximate surface area is 209 Å². The molecule has 7 nitrogen and oxygen atoms in total. The molecule has 0 saturated heterocycles. The molecular formula is C24H23ClF4N4O3. The summed E-state index contributed by atoms with van der Waals surface area (Å²) in [6.07, 6.45) is -0.890. The third-order valence-corrected chi connectivity index (χ3v) is 6.46. The first-order valence-corrected chi connectivity index (χ1v) is 11.5. The number of rotatable bonds is 6. The molecule has 12 heteroatoms. The second-order valence-electron chi connectivity index (χ2n) is 8.73. The number of fused-ring (bicyclic) bond motifs is 1. The summed E-state index contributed by atoms with van der Waals surface area (Å²) in [7, 11) is 0. The number of aromatic nitrogens is 3. The van der Waals surface area contributed by atoms with Crippen LogP contribution in [0.2, 0.25) is 5.28 Å². The van der Waals surface area contributed by atoms with Crippen molar-refractivity contribution in [1.82, 2.24) is 20.3 Å². The topological polar surface area (TPSA) is 86.2 Å². The molecule has 2 aromatic heterocycles. The zero-order valence-electron chi connectivity index (χ0n) is 19.7. The highest BCUT2D eigenvalue weighted by molar-refractivity contribution is 6.28. The highest BCUT2D eigenvalue weighted by Crippen LogP contribution is 2.41. The van der Waals surface area contributed by atoms with Crippen LogP contribution in [-0.2, 0) is 22.6 Å². The normalized spacial score (nSPS) is 18.3. The second-order valence-corrected chi connectivity index (χ2v) is 9.07. The smallest absolute Gasteiger partial charge is 0.411 e. The number of allylic oxidation sites excluding steroid dienone is 1. The van der Waals surface area contributed by atoms with E-state index in [9.17, 15) is 18.0 Å². The minimum absolute atomic E-state index is 0.0316. The Morgan fingerprint density at radius 3 is 2.64 bits per heavy atom. The van der Waals surface area contributed by atoms with Gasteiger partial charge in [-0.05, 0) is 60.9 Å². The molecule has 0 saturated carbocycles. The zero-order chi connectivity index (χ0) is 26.2. The van der Waals surface area contributed by atoms with Gasteiger partial charge in [0.25, 0.3) is 11.8 Å². The number of ether oxygens (including phenoxy) is 2. The van der Waals surface area contributed by atoms with Gasteiger partial charge in [-0.3, -0.25) is 4.79 Å². The van der Waals surface area contributed by atoms with Crippen LogP contribution in [0.4, 0.5) is 17.6 Å². The Morgan fingerprint density at radius 2 is 1.92 bits per heavy atom. The van der Waals surface area contributed by atoms with Gasteiger partial charge >= 0.3 is 6.18 Å². The van der Waals surface area contributed by atoms with Crippen LogP contribution in [0.25, 0.3) is 5.57 Å². The third-order valence-electron chi connectivity index (χ3n) is 6.28. The lowest BCUT2D eigenvalue weighted by Crippen LogP contribution is -2.37. The second kappa shape index (κ2) is 10.1. The summed E-state index contributed by atoms with van der Waals surface area (Å²) in [6, 6.07) is 0. The van der Waals surface area contributed by atoms with Gasteiger partial charge in [-0.25, -0.2) is 14.4 Å². The fourth-order valence-corrected chi connectivity index (χ4v) is 4.42. The highest BCUT2D eigenvalue weighted by atomic mass is 35.5. The Bertz CT molecular complexity index is 1280. The molecule has 0 bridgehead atoms. The van der Waals surface area contributed by atoms with Crippen LogP contribution >= 0.6 is 11.6 Å². The van der Waals surface area contributed by atoms with Crippen LogP contribution in [0.3, 0.4) is 0 Å². The molecule has 3 heterocycles. The maximum absolute atomic E-state index is 15.7. The SMILES string of the molecule is CC1=C(C2=C(C)[C@@H](C)CNC2=O)CCc2cnc(Oc3nc(Cl)ncc3COCC(F)(F)F)c(F)c21. The Hall–Kier alpha value is -3.05. The molecule has 0 unspecified atom stereocenters. The molecule has 0 fully saturated rings. The quantitative estimate of drug-likeness (QED) is 0.404. The minimum Gasteiger partial charge on any atom is -0.417 e. The molecule has 1 aliphatic carbocycles. The molecule has 1 amide bonds. The third kappa shape index (κ3) is 5.36. The first kappa shape index (κ1) is 26.0. The molecule has 0 aromatic carbocycles. The number of hydrogen-bond acceptors (Lipinski definition) is 6. The standard InChI is InChI=1S/C24H23ClF4N4O3/c1-11-6-30-20(34)18(12(11)2)16-5-4-14-7-31-22(19(26)17(14)13(16)3)36-21-15(8-32-23(25)33-21)9-35-10-24(27,28)29/h7-8,11H,4-6,9-10H2,1-3H3,(H,30,34)/t11-/m0/s1. The predicted molar refractivity (Wildman–Crippen MR) is 123 cm³/mol. The lowest BCUT2D eigenvalue weighted by atomic mass is 9.79. The number of nitrogens with one attached hydrogen (secondary N) is 1. The van der Waals surface area contributed by atoms with Crippen molar-refractivity contribution in [3.63, 3.8) is 0 Å². The Balaban J connectivity index is 1.70. The van der Waals surface area contributed by atoms with Crippen molar-refractivity contribution in [3.05, 3.63) is 56.9 Å². The van der Waals surface area contributed by atoms with Crippen LogP contribution in [-0.4, -0.2) is 40.2 Å². The summed E-state index contributed by atoms with van der Waals surface area (Å²) in [6.45, 7) is 4.18. The van der Waals surface area contributed by atoms with E-state index in [1.165, 1.54) is 6.20 Å². The van der Waals surface area contributed by atoms with Crippen LogP contribution < -0.4 is 10.1 Å². The van der Waals surface area contributed by atoms with E-state index in [0.29, 0.717) is 36.1 Å². The van der Waals surface area contributed by atoms with E-state index in [1.807, 2.05) is 13.8 Å². The van der Waals surface area contributed by atoms with Gasteiger partial charge in [0.15, 0.2) is 5.82 Å². The average molecular weight is 527 g/mol. The maximum Gasteiger partial charge on any atom is 0.411 e. The molecule has 2 aliphatic rings. The summed E-state index contributed by atoms with van der Waals surface area (Å²) in [4.78, 5) is 24.3. The molecule has 36 heavy (non-hydrogen) atoms. The first-order valence-electron chi connectivity index (χ1n) is 11.2. The summed E-state index contributed by atoms with van der Waals surface area (Å²) >= 11 is 5.82. The van der Waals surface area contributed by atoms with Crippen molar-refractivity contribution >= 4 is 23.1 Å². The van der Waals surface area contributed by atoms with E-state index < -0.39 is 31.1 Å². The van der Waals surface area contributed by atoms with Gasteiger partial charge in [0.05, 0.1) is 12.2 Å². The van der Waals surface area contributed by atoms with Crippen molar-refractivity contribution in [2.45, 2.75) is 46.4 Å². The molecule has 1 aliphatic heterocycles. The summed E-state index contributed by atoms with van der Waals surface area (Å²) < 4.78 is 63.3. The fraction of sp³-hybridized carbons (Fsp3) is 0.417. The zero-order valence-corrected chi connectivity index (χ0v) is 20.5. The number of hydrogen-bond donors (Lipinski definition) is 1. The number of carbonyl (C=O) groups is 1. The number of aryl methyl sites for hydroxylation is 1. The van der Waals surface area contributed by atoms with Crippen LogP contribution in [0.15, 0.2) is 29.1 Å². The van der Waals surface area contributed by atoms with Gasteiger partial charge in [-0.2, -0.15) is 18.2 Å². The number of amides is 1. The monoisotopic (exact) mass is 526 g/mol. The number of carbonyl (C=O) groups excluding carboxylic acids is 1. The number of alkyl halides is 3. The predicted octanol–water partition coefficient (Wildman–Crippen LogP) is 5.34. The molecule has 0 spiro atoms. The van der Waals surface area contributed by atoms with Crippen LogP contribution in [0.1, 0.15) is 43.9 Å². The molecule has 1 atom stereocenters. The van der Waals surface area contributed by atoms with E-state index in [-0.39, 0.29) is 34.1 Å². The van der Waals surface area contributed by atoms with E-state index in [4.69, 9.17) is 16.3 Å². The lowest BCUT2D eigenvalue weighted by Gasteiger charge is -2.29. The van der Waals surface area contributed by atoms with E-state index in [0.717, 1.165) is 17.3 Å². The molecule has 1 N–H and O–H groups in total. The highest BCUT2D eigenvalue weighted by Gasteiger charge is 2.31. The molecule has 2 aromatic rings. The first-order chi connectivity index (χ1) is 17.0. The van der Waals surface area contributed by atoms with E-state index in [1.54, 1.807) is 6.92 Å². The van der Waals surface area contributed by atoms with Crippen molar-refractivity contribution in [2.75, 3.05) is 13.2 Å². The molecule has 0 radical (unpaired) electrons. The lowest BCUT2D eigenvalue weighted by molar-refractivity contribution is -0.176.